The topological polar surface area (TPSA) is 174 Å². The van der Waals surface area contributed by atoms with E-state index < -0.39 is 11.9 Å². The van der Waals surface area contributed by atoms with E-state index in [2.05, 4.69) is 26.8 Å². The zero-order valence-electron chi connectivity index (χ0n) is 25.0. The van der Waals surface area contributed by atoms with E-state index in [1.165, 1.54) is 6.08 Å². The molecule has 3 aromatic rings. The van der Waals surface area contributed by atoms with Crippen molar-refractivity contribution in [3.05, 3.63) is 85.1 Å². The molecule has 10 nitrogen and oxygen atoms in total. The predicted molar refractivity (Wildman–Crippen MR) is 163 cm³/mol. The summed E-state index contributed by atoms with van der Waals surface area (Å²) in [6.45, 7) is 13.1. The molecule has 43 heavy (non-hydrogen) atoms. The first-order valence-electron chi connectivity index (χ1n) is 14.1. The minimum Gasteiger partial charge on any atom is -0.860 e. The summed E-state index contributed by atoms with van der Waals surface area (Å²) in [5.74, 6) is -2.45. The molecule has 4 heterocycles. The number of carbonyl (C=O) groups is 3. The Morgan fingerprint density at radius 1 is 0.860 bits per heavy atom. The van der Waals surface area contributed by atoms with E-state index in [4.69, 9.17) is 0 Å². The van der Waals surface area contributed by atoms with Gasteiger partial charge in [-0.2, -0.15) is 0 Å². The standard InChI is InChI=1S/C33H38N4O6/c1-7-20-19(6)32(42)37-27(20)14-25-18(5)23(10-12-31(40)41)29(35-25)15-28-22(9-11-30(38)39)17(4)24(34-28)13-26-16(3)21(8-2)33(43)36-26/h7-8,13-15,19,34-36,43H,2,9-12H2,1,3-6H3,(H,37,42)(H,38,39)(H,40,41)/p-1/b20-7+,24-13+,27-14-,28-15-/t19-/m0/s1. The predicted octanol–water partition coefficient (Wildman–Crippen LogP) is 3.06. The number of allylic oxidation sites excluding steroid dienone is 2. The lowest BCUT2D eigenvalue weighted by atomic mass is 10.00. The van der Waals surface area contributed by atoms with Crippen molar-refractivity contribution in [2.45, 2.75) is 60.3 Å². The van der Waals surface area contributed by atoms with E-state index >= 15 is 0 Å². The van der Waals surface area contributed by atoms with Gasteiger partial charge >= 0.3 is 11.9 Å². The molecule has 0 aliphatic carbocycles. The number of hydrogen-bond donors (Lipinski definition) is 6. The normalized spacial score (nSPS) is 17.8. The Labute approximate surface area is 249 Å². The van der Waals surface area contributed by atoms with Crippen LogP contribution in [0.15, 0.2) is 23.9 Å². The first kappa shape index (κ1) is 31.0. The summed E-state index contributed by atoms with van der Waals surface area (Å²) < 4.78 is 0. The van der Waals surface area contributed by atoms with Gasteiger partial charge in [-0.3, -0.25) is 14.4 Å². The van der Waals surface area contributed by atoms with Crippen LogP contribution in [-0.4, -0.2) is 43.0 Å². The van der Waals surface area contributed by atoms with Gasteiger partial charge in [0.05, 0.1) is 5.92 Å². The monoisotopic (exact) mass is 585 g/mol. The van der Waals surface area contributed by atoms with Gasteiger partial charge in [0, 0.05) is 46.3 Å². The van der Waals surface area contributed by atoms with Gasteiger partial charge in [0.15, 0.2) is 0 Å². The summed E-state index contributed by atoms with van der Waals surface area (Å²) in [4.78, 5) is 45.0. The maximum absolute atomic E-state index is 12.3. The van der Waals surface area contributed by atoms with Crippen LogP contribution in [0, 0.1) is 26.7 Å². The number of amides is 1. The Hall–Kier alpha value is -4.99. The zero-order chi connectivity index (χ0) is 31.6. The van der Waals surface area contributed by atoms with Crippen LogP contribution in [0.2, 0.25) is 0 Å². The fourth-order valence-electron chi connectivity index (χ4n) is 5.64. The van der Waals surface area contributed by atoms with Crippen molar-refractivity contribution in [1.29, 1.82) is 0 Å². The minimum absolute atomic E-state index is 0.0760. The van der Waals surface area contributed by atoms with E-state index in [1.807, 2.05) is 58.9 Å². The molecule has 0 aromatic carbocycles. The highest BCUT2D eigenvalue weighted by Gasteiger charge is 2.29. The summed E-state index contributed by atoms with van der Waals surface area (Å²) in [7, 11) is 0. The average molecular weight is 586 g/mol. The minimum atomic E-state index is -0.927. The summed E-state index contributed by atoms with van der Waals surface area (Å²) in [6.07, 6.45) is 9.36. The molecule has 3 aromatic heterocycles. The van der Waals surface area contributed by atoms with Crippen LogP contribution < -0.4 is 21.1 Å². The van der Waals surface area contributed by atoms with E-state index in [-0.39, 0.29) is 43.4 Å². The SMILES string of the molecule is C=Cc1c([O-])[nH]c(/C=c2/[nH]/c(=C\c3[nH]c(/C=C4\NC(=O)[C@@H](C)\C4=C/C)c(C)c3CCC(=O)O)c(CCC(=O)O)c2C)c1C. The number of rotatable bonds is 10. The van der Waals surface area contributed by atoms with Crippen LogP contribution in [0.3, 0.4) is 0 Å². The highest BCUT2D eigenvalue weighted by atomic mass is 16.4. The number of hydrogen-bond acceptors (Lipinski definition) is 4. The summed E-state index contributed by atoms with van der Waals surface area (Å²) in [6, 6.07) is 0. The Kier molecular flexibility index (Phi) is 8.99. The number of aromatic amines is 3. The highest BCUT2D eigenvalue weighted by Crippen LogP contribution is 2.29. The van der Waals surface area contributed by atoms with E-state index in [0.717, 1.165) is 39.1 Å². The second-order valence-corrected chi connectivity index (χ2v) is 10.8. The quantitative estimate of drug-likeness (QED) is 0.213. The highest BCUT2D eigenvalue weighted by molar-refractivity contribution is 5.91. The van der Waals surface area contributed by atoms with Crippen LogP contribution in [0.25, 0.3) is 24.3 Å². The second kappa shape index (κ2) is 12.5. The molecule has 0 bridgehead atoms. The van der Waals surface area contributed by atoms with Crippen molar-refractivity contribution >= 4 is 42.1 Å². The molecular formula is C33H37N4O6-. The van der Waals surface area contributed by atoms with Gasteiger partial charge in [-0.15, -0.1) is 0 Å². The Bertz CT molecular complexity index is 1810. The third-order valence-electron chi connectivity index (χ3n) is 8.19. The Balaban J connectivity index is 1.93. The average Bonchev–Trinajstić information content (AvgIpc) is 3.59. The zero-order valence-corrected chi connectivity index (χ0v) is 25.0. The molecule has 4 rings (SSSR count). The summed E-state index contributed by atoms with van der Waals surface area (Å²) >= 11 is 0. The number of aromatic nitrogens is 3. The number of carbonyl (C=O) groups excluding carboxylic acids is 1. The van der Waals surface area contributed by atoms with Gasteiger partial charge in [-0.25, -0.2) is 0 Å². The third-order valence-corrected chi connectivity index (χ3v) is 8.19. The van der Waals surface area contributed by atoms with Crippen LogP contribution in [0.1, 0.15) is 77.2 Å². The molecule has 0 radical (unpaired) electrons. The third kappa shape index (κ3) is 6.28. The molecule has 1 amide bonds. The maximum atomic E-state index is 12.3. The van der Waals surface area contributed by atoms with Gasteiger partial charge < -0.3 is 35.6 Å². The molecule has 1 atom stereocenters. The van der Waals surface area contributed by atoms with Crippen LogP contribution in [0.4, 0.5) is 0 Å². The molecule has 0 saturated carbocycles. The van der Waals surface area contributed by atoms with Crippen molar-refractivity contribution in [3.8, 4) is 5.88 Å². The first-order chi connectivity index (χ1) is 20.4. The van der Waals surface area contributed by atoms with Gasteiger partial charge in [0.25, 0.3) is 0 Å². The van der Waals surface area contributed by atoms with Crippen LogP contribution in [-0.2, 0) is 27.2 Å². The molecule has 1 saturated heterocycles. The van der Waals surface area contributed by atoms with E-state index in [0.29, 0.717) is 33.3 Å². The lowest BCUT2D eigenvalue weighted by Crippen LogP contribution is -2.16. The fraction of sp³-hybridized carbons (Fsp3) is 0.303. The number of nitrogens with one attached hydrogen (secondary N) is 4. The van der Waals surface area contributed by atoms with Gasteiger partial charge in [-0.1, -0.05) is 18.7 Å². The van der Waals surface area contributed by atoms with Gasteiger partial charge in [-0.05, 0) is 111 Å². The van der Waals surface area contributed by atoms with Gasteiger partial charge in [0.1, 0.15) is 0 Å². The van der Waals surface area contributed by atoms with Gasteiger partial charge in [0.2, 0.25) is 5.91 Å². The van der Waals surface area contributed by atoms with Crippen molar-refractivity contribution in [3.63, 3.8) is 0 Å². The molecule has 0 unspecified atom stereocenters. The lowest BCUT2D eigenvalue weighted by molar-refractivity contribution is -0.274. The Morgan fingerprint density at radius 3 is 2.05 bits per heavy atom. The molecule has 1 aliphatic heterocycles. The smallest absolute Gasteiger partial charge is 0.303 e. The van der Waals surface area contributed by atoms with Crippen LogP contribution >= 0.6 is 0 Å². The van der Waals surface area contributed by atoms with Crippen molar-refractivity contribution in [2.75, 3.05) is 0 Å². The summed E-state index contributed by atoms with van der Waals surface area (Å²) in [5, 5.41) is 35.5. The van der Waals surface area contributed by atoms with Crippen molar-refractivity contribution in [2.24, 2.45) is 5.92 Å². The van der Waals surface area contributed by atoms with Crippen LogP contribution in [0.5, 0.6) is 5.88 Å². The second-order valence-electron chi connectivity index (χ2n) is 10.8. The van der Waals surface area contributed by atoms with Crippen molar-refractivity contribution in [1.82, 2.24) is 20.3 Å². The molecule has 6 N–H and O–H groups in total. The van der Waals surface area contributed by atoms with E-state index in [9.17, 15) is 29.7 Å². The number of aliphatic carboxylic acids is 2. The molecule has 10 heteroatoms. The largest absolute Gasteiger partial charge is 0.860 e. The van der Waals surface area contributed by atoms with E-state index in [1.54, 1.807) is 0 Å². The molecule has 226 valence electrons. The lowest BCUT2D eigenvalue weighted by Gasteiger charge is -2.03. The number of carboxylic acids is 2. The Morgan fingerprint density at radius 2 is 1.47 bits per heavy atom. The fourth-order valence-corrected chi connectivity index (χ4v) is 5.64. The summed E-state index contributed by atoms with van der Waals surface area (Å²) in [5.41, 5.74) is 8.17. The first-order valence-corrected chi connectivity index (χ1v) is 14.1. The maximum Gasteiger partial charge on any atom is 0.303 e. The molecule has 0 spiro atoms. The van der Waals surface area contributed by atoms with Crippen molar-refractivity contribution < 1.29 is 29.7 Å². The molecular weight excluding hydrogens is 548 g/mol. The molecule has 1 aliphatic rings. The number of H-pyrrole nitrogens is 3. The molecule has 1 fully saturated rings. The number of carboxylic acid groups (broad SMARTS) is 2.